The lowest BCUT2D eigenvalue weighted by Gasteiger charge is -2.07. The highest BCUT2D eigenvalue weighted by atomic mass is 127. The van der Waals surface area contributed by atoms with E-state index >= 15 is 0 Å². The predicted molar refractivity (Wildman–Crippen MR) is 51.3 cm³/mol. The minimum Gasteiger partial charge on any atom is -0.258 e. The van der Waals surface area contributed by atoms with Crippen LogP contribution in [0.3, 0.4) is 0 Å². The van der Waals surface area contributed by atoms with Crippen molar-refractivity contribution in [3.8, 4) is 6.07 Å². The second-order valence-electron chi connectivity index (χ2n) is 2.49. The number of hydrogen-bond donors (Lipinski definition) is 0. The second kappa shape index (κ2) is 4.13. The molecule has 14 heavy (non-hydrogen) atoms. The summed E-state index contributed by atoms with van der Waals surface area (Å²) in [4.78, 5) is 3.58. The summed E-state index contributed by atoms with van der Waals surface area (Å²) < 4.78 is 36.9. The van der Waals surface area contributed by atoms with E-state index < -0.39 is 11.7 Å². The van der Waals surface area contributed by atoms with Crippen molar-refractivity contribution in [2.45, 2.75) is 12.6 Å². The average Bonchev–Trinajstić information content (AvgIpc) is 2.07. The monoisotopic (exact) mass is 312 g/mol. The summed E-state index contributed by atoms with van der Waals surface area (Å²) in [6.07, 6.45) is -3.61. The molecule has 2 nitrogen and oxygen atoms in total. The van der Waals surface area contributed by atoms with Crippen molar-refractivity contribution in [1.29, 1.82) is 5.26 Å². The van der Waals surface area contributed by atoms with E-state index in [-0.39, 0.29) is 6.42 Å². The van der Waals surface area contributed by atoms with E-state index in [4.69, 9.17) is 5.26 Å². The smallest absolute Gasteiger partial charge is 0.258 e. The van der Waals surface area contributed by atoms with Crippen LogP contribution >= 0.6 is 22.6 Å². The van der Waals surface area contributed by atoms with Crippen LogP contribution in [0.25, 0.3) is 0 Å². The summed E-state index contributed by atoms with van der Waals surface area (Å²) >= 11 is 1.74. The zero-order valence-corrected chi connectivity index (χ0v) is 8.93. The number of nitrogens with zero attached hydrogens (tertiary/aromatic N) is 2. The predicted octanol–water partition coefficient (Wildman–Crippen LogP) is 2.77. The Kier molecular flexibility index (Phi) is 3.31. The Morgan fingerprint density at radius 3 is 2.57 bits per heavy atom. The highest BCUT2D eigenvalue weighted by Crippen LogP contribution is 2.30. The van der Waals surface area contributed by atoms with Gasteiger partial charge in [-0.25, -0.2) is 0 Å². The molecular weight excluding hydrogens is 308 g/mol. The fourth-order valence-corrected chi connectivity index (χ4v) is 1.49. The summed E-state index contributed by atoms with van der Waals surface area (Å²) in [6.45, 7) is 0. The van der Waals surface area contributed by atoms with Crippen LogP contribution in [-0.4, -0.2) is 4.98 Å². The lowest BCUT2D eigenvalue weighted by molar-refractivity contribution is -0.137. The zero-order valence-electron chi connectivity index (χ0n) is 6.77. The lowest BCUT2D eigenvalue weighted by Crippen LogP contribution is -2.07. The van der Waals surface area contributed by atoms with Gasteiger partial charge in [-0.3, -0.25) is 4.98 Å². The number of rotatable bonds is 1. The Bertz CT molecular complexity index is 381. The van der Waals surface area contributed by atoms with E-state index in [9.17, 15) is 13.2 Å². The largest absolute Gasteiger partial charge is 0.417 e. The Morgan fingerprint density at radius 1 is 1.50 bits per heavy atom. The van der Waals surface area contributed by atoms with Crippen molar-refractivity contribution < 1.29 is 13.2 Å². The highest BCUT2D eigenvalue weighted by molar-refractivity contribution is 14.1. The molecule has 74 valence electrons. The number of alkyl halides is 3. The summed E-state index contributed by atoms with van der Waals surface area (Å²) in [5, 5.41) is 8.36. The number of nitriles is 1. The maximum Gasteiger partial charge on any atom is 0.417 e. The van der Waals surface area contributed by atoms with Crippen molar-refractivity contribution in [1.82, 2.24) is 4.98 Å². The van der Waals surface area contributed by atoms with Crippen LogP contribution in [0.4, 0.5) is 13.2 Å². The van der Waals surface area contributed by atoms with Crippen LogP contribution in [0.15, 0.2) is 12.3 Å². The summed E-state index contributed by atoms with van der Waals surface area (Å²) in [7, 11) is 0. The lowest BCUT2D eigenvalue weighted by atomic mass is 10.2. The molecule has 0 atom stereocenters. The fraction of sp³-hybridized carbons (Fsp3) is 0.250. The normalized spacial score (nSPS) is 11.1. The minimum absolute atomic E-state index is 0.0242. The molecule has 0 aromatic carbocycles. The molecule has 0 radical (unpaired) electrons. The minimum atomic E-state index is -4.38. The number of aromatic nitrogens is 1. The average molecular weight is 312 g/mol. The molecule has 0 saturated heterocycles. The second-order valence-corrected chi connectivity index (χ2v) is 3.65. The highest BCUT2D eigenvalue weighted by Gasteiger charge is 2.31. The first-order valence-electron chi connectivity index (χ1n) is 3.53. The van der Waals surface area contributed by atoms with Gasteiger partial charge in [-0.05, 0) is 28.7 Å². The first-order valence-corrected chi connectivity index (χ1v) is 4.61. The van der Waals surface area contributed by atoms with Crippen LogP contribution in [0.2, 0.25) is 0 Å². The van der Waals surface area contributed by atoms with Gasteiger partial charge in [0.15, 0.2) is 0 Å². The van der Waals surface area contributed by atoms with Gasteiger partial charge < -0.3 is 0 Å². The molecule has 0 aliphatic rings. The maximum absolute atomic E-state index is 12.2. The Morgan fingerprint density at radius 2 is 2.14 bits per heavy atom. The molecule has 0 spiro atoms. The molecule has 1 rings (SSSR count). The Balaban J connectivity index is 3.08. The van der Waals surface area contributed by atoms with Gasteiger partial charge >= 0.3 is 6.18 Å². The van der Waals surface area contributed by atoms with Gasteiger partial charge in [-0.1, -0.05) is 0 Å². The van der Waals surface area contributed by atoms with Crippen LogP contribution in [-0.2, 0) is 12.6 Å². The third-order valence-electron chi connectivity index (χ3n) is 1.49. The zero-order chi connectivity index (χ0) is 10.8. The molecule has 0 aliphatic carbocycles. The van der Waals surface area contributed by atoms with Crippen molar-refractivity contribution in [3.63, 3.8) is 0 Å². The van der Waals surface area contributed by atoms with Gasteiger partial charge in [0.1, 0.15) is 0 Å². The van der Waals surface area contributed by atoms with Gasteiger partial charge in [0, 0.05) is 9.77 Å². The Hall–Kier alpha value is -0.840. The molecule has 6 heteroatoms. The van der Waals surface area contributed by atoms with Gasteiger partial charge in [0.05, 0.1) is 23.7 Å². The first kappa shape index (κ1) is 11.2. The van der Waals surface area contributed by atoms with Crippen LogP contribution in [0, 0.1) is 14.9 Å². The van der Waals surface area contributed by atoms with E-state index in [1.165, 1.54) is 0 Å². The van der Waals surface area contributed by atoms with Crippen LogP contribution < -0.4 is 0 Å². The number of hydrogen-bond acceptors (Lipinski definition) is 2. The standard InChI is InChI=1S/C8H4F3IN2/c9-8(10,11)5-3-6(12)7(1-2-13)14-4-5/h3-4H,1H2. The van der Waals surface area contributed by atoms with Crippen molar-refractivity contribution in [2.75, 3.05) is 0 Å². The summed E-state index contributed by atoms with van der Waals surface area (Å²) in [5.41, 5.74) is -0.412. The first-order chi connectivity index (χ1) is 6.45. The molecule has 1 heterocycles. The molecule has 1 aromatic heterocycles. The number of pyridine rings is 1. The quantitative estimate of drug-likeness (QED) is 0.748. The molecule has 0 unspecified atom stereocenters. The van der Waals surface area contributed by atoms with Crippen molar-refractivity contribution in [3.05, 3.63) is 27.1 Å². The van der Waals surface area contributed by atoms with E-state index in [0.717, 1.165) is 12.3 Å². The van der Waals surface area contributed by atoms with Gasteiger partial charge in [-0.15, -0.1) is 0 Å². The van der Waals surface area contributed by atoms with Gasteiger partial charge in [0.2, 0.25) is 0 Å². The van der Waals surface area contributed by atoms with E-state index in [0.29, 0.717) is 9.26 Å². The molecule has 1 aromatic rings. The van der Waals surface area contributed by atoms with E-state index in [2.05, 4.69) is 4.98 Å². The van der Waals surface area contributed by atoms with Crippen LogP contribution in [0.1, 0.15) is 11.3 Å². The molecule has 0 N–H and O–H groups in total. The third kappa shape index (κ3) is 2.57. The third-order valence-corrected chi connectivity index (χ3v) is 2.43. The number of halogens is 4. The van der Waals surface area contributed by atoms with E-state index in [1.807, 2.05) is 6.07 Å². The van der Waals surface area contributed by atoms with Gasteiger partial charge in [0.25, 0.3) is 0 Å². The molecule has 0 aliphatic heterocycles. The van der Waals surface area contributed by atoms with Gasteiger partial charge in [-0.2, -0.15) is 18.4 Å². The van der Waals surface area contributed by atoms with Crippen molar-refractivity contribution >= 4 is 22.6 Å². The molecular formula is C8H4F3IN2. The van der Waals surface area contributed by atoms with E-state index in [1.54, 1.807) is 22.6 Å². The maximum atomic E-state index is 12.2. The van der Waals surface area contributed by atoms with Crippen molar-refractivity contribution in [2.24, 2.45) is 0 Å². The van der Waals surface area contributed by atoms with Crippen LogP contribution in [0.5, 0.6) is 0 Å². The topological polar surface area (TPSA) is 36.7 Å². The summed E-state index contributed by atoms with van der Waals surface area (Å²) in [5.74, 6) is 0. The molecule has 0 bridgehead atoms. The molecule has 0 fully saturated rings. The fourth-order valence-electron chi connectivity index (χ4n) is 0.826. The summed E-state index contributed by atoms with van der Waals surface area (Å²) in [6, 6.07) is 2.82. The Labute approximate surface area is 91.9 Å². The molecule has 0 saturated carbocycles. The SMILES string of the molecule is N#CCc1ncc(C(F)(F)F)cc1I. The molecule has 0 amide bonds.